The van der Waals surface area contributed by atoms with Crippen LogP contribution < -0.4 is 0 Å². The molecule has 0 spiro atoms. The van der Waals surface area contributed by atoms with E-state index in [-0.39, 0.29) is 116 Å². The Kier molecular flexibility index (Phi) is 92.5. The molecule has 2 aliphatic heterocycles. The molecule has 2 saturated heterocycles. The molecule has 782 valence electrons. The van der Waals surface area contributed by atoms with Crippen molar-refractivity contribution in [1.82, 2.24) is 29.5 Å². The minimum absolute atomic E-state index is 0.0155. The Morgan fingerprint density at radius 2 is 0.776 bits per heavy atom. The maximum Gasteiger partial charge on any atom is 0.410 e. The molecule has 2 aromatic rings. The number of aromatic nitrogens is 1. The molecule has 0 radical (unpaired) electrons. The summed E-state index contributed by atoms with van der Waals surface area (Å²) < 4.78 is 81.8. The van der Waals surface area contributed by atoms with E-state index in [9.17, 15) is 43.2 Å². The monoisotopic (exact) mass is 1910 g/mol. The zero-order valence-corrected chi connectivity index (χ0v) is 87.7. The van der Waals surface area contributed by atoms with Crippen molar-refractivity contribution < 1.29 is 124 Å². The lowest BCUT2D eigenvalue weighted by Crippen LogP contribution is -2.42. The molecule has 32 heteroatoms. The summed E-state index contributed by atoms with van der Waals surface area (Å²) in [6.07, 6.45) is 24.4. The third kappa shape index (κ3) is 99.1. The molecule has 0 unspecified atom stereocenters. The number of hydrogen-bond donors (Lipinski definition) is 1. The Labute approximate surface area is 809 Å². The number of nitrogens with zero attached hydrogens (tertiary/aromatic N) is 6. The van der Waals surface area contributed by atoms with E-state index in [4.69, 9.17) is 80.9 Å². The lowest BCUT2D eigenvalue weighted by Gasteiger charge is -2.28. The third-order valence-electron chi connectivity index (χ3n) is 18.2. The van der Waals surface area contributed by atoms with Gasteiger partial charge in [0.1, 0.15) is 0 Å². The number of unbranched alkanes of at least 4 members (excludes halogenated alkanes) is 2. The largest absolute Gasteiger partial charge is 0.463 e. The van der Waals surface area contributed by atoms with Gasteiger partial charge in [0.25, 0.3) is 0 Å². The topological polar surface area (TPSA) is 351 Å². The van der Waals surface area contributed by atoms with E-state index in [2.05, 4.69) is 28.6 Å². The Morgan fingerprint density at radius 1 is 0.381 bits per heavy atom. The summed E-state index contributed by atoms with van der Waals surface area (Å²) in [6, 6.07) is 13.9. The Bertz CT molecular complexity index is 3060. The number of rotatable bonds is 57. The van der Waals surface area contributed by atoms with Crippen LogP contribution in [0.5, 0.6) is 0 Å². The van der Waals surface area contributed by atoms with Gasteiger partial charge in [0.2, 0.25) is 0 Å². The van der Waals surface area contributed by atoms with Gasteiger partial charge in [0, 0.05) is 138 Å². The van der Waals surface area contributed by atoms with Crippen LogP contribution in [0.25, 0.3) is 0 Å². The van der Waals surface area contributed by atoms with E-state index in [1.807, 2.05) is 166 Å². The van der Waals surface area contributed by atoms with Gasteiger partial charge in [0.15, 0.2) is 0 Å². The summed E-state index contributed by atoms with van der Waals surface area (Å²) in [5.41, 5.74) is 2.34. The van der Waals surface area contributed by atoms with E-state index >= 15 is 0 Å². The number of esters is 6. The van der Waals surface area contributed by atoms with Crippen LogP contribution in [0, 0.1) is 5.92 Å². The molecule has 3 heterocycles. The van der Waals surface area contributed by atoms with Crippen LogP contribution in [-0.4, -0.2) is 323 Å². The molecule has 1 saturated carbocycles. The highest BCUT2D eigenvalue weighted by atomic mass is 16.6. The zero-order valence-electron chi connectivity index (χ0n) is 87.7. The van der Waals surface area contributed by atoms with Gasteiger partial charge < -0.3 is 100 Å². The van der Waals surface area contributed by atoms with Crippen LogP contribution in [0.15, 0.2) is 54.9 Å². The Balaban J connectivity index is -0.000000713. The molecule has 3 amide bonds. The van der Waals surface area contributed by atoms with Crippen LogP contribution in [0.1, 0.15) is 298 Å². The molecule has 0 atom stereocenters. The maximum absolute atomic E-state index is 11.5. The highest BCUT2D eigenvalue weighted by molar-refractivity contribution is 5.72. The molecule has 1 aromatic carbocycles. The van der Waals surface area contributed by atoms with E-state index < -0.39 is 0 Å². The number of pyridine rings is 1. The molecular weight excluding hydrogens is 1730 g/mol. The number of likely N-dealkylation sites (N-methyl/N-ethyl adjacent to an activating group) is 1. The number of carbonyl (C=O) groups excluding carboxylic acids is 9. The van der Waals surface area contributed by atoms with Gasteiger partial charge in [-0.1, -0.05) is 82.9 Å². The first-order valence-electron chi connectivity index (χ1n) is 49.7. The van der Waals surface area contributed by atoms with Gasteiger partial charge in [-0.25, -0.2) is 14.4 Å². The van der Waals surface area contributed by atoms with E-state index in [0.717, 1.165) is 128 Å². The van der Waals surface area contributed by atoms with Gasteiger partial charge in [-0.05, 0) is 257 Å². The minimum atomic E-state index is -0.342. The molecule has 32 nitrogen and oxygen atoms in total. The fraction of sp³-hybridized carbons (Fsp3) is 0.804. The molecule has 134 heavy (non-hydrogen) atoms. The summed E-state index contributed by atoms with van der Waals surface area (Å²) in [6.45, 7) is 56.5. The van der Waals surface area contributed by atoms with Crippen LogP contribution in [-0.2, 0) is 117 Å². The quantitative estimate of drug-likeness (QED) is 0.0365. The van der Waals surface area contributed by atoms with Crippen LogP contribution >= 0.6 is 0 Å². The SMILES string of the molecule is CC(C)OC(=O)CCCC1CC1.CC(C)OC(=O)CCCCN1CCCCC1.CC(C)OC(=O)CCCc1cccnc1.CC(C)OC(=O)CCc1ccccc1.CC(C)OC(=O)N(C)CCN1CCOCC1.CCCCN(C)C(=O)OC(C)C.CCCN(CCO)C(=O)OC(C)C.CCCOCCOCCOCCOCCCC(=O)OC(C)C.COCCOCCCC(=O)OC(C)C. The number of likely N-dealkylation sites (tertiary alicyclic amines) is 1. The predicted octanol–water partition coefficient (Wildman–Crippen LogP) is 17.9. The number of aryl methyl sites for hydroxylation is 2. The van der Waals surface area contributed by atoms with Crippen molar-refractivity contribution in [2.45, 2.75) is 354 Å². The number of morpholine rings is 1. The smallest absolute Gasteiger partial charge is 0.410 e. The number of ether oxygens (including phenoxy) is 16. The van der Waals surface area contributed by atoms with Crippen molar-refractivity contribution in [3.05, 3.63) is 66.0 Å². The van der Waals surface area contributed by atoms with Gasteiger partial charge in [-0.15, -0.1) is 0 Å². The molecule has 3 fully saturated rings. The lowest BCUT2D eigenvalue weighted by atomic mass is 10.1. The van der Waals surface area contributed by atoms with Crippen molar-refractivity contribution in [2.75, 3.05) is 179 Å². The standard InChI is InChI=1S/C16H32O6.C13H25NO2.C12H17NO2.C12H16O2.C11H22N2O3.C10H20O4.C10H18O2.C9H19NO3.C9H19NO2/c1-4-7-18-9-11-20-13-14-21-12-10-19-8-5-6-16(17)22-15(2)3;1-12(2)16-13(15)8-4-7-11-14-9-5-3-6-10-14;1-10(2)15-12(14)7-3-5-11-6-4-8-13-9-11;1-10(2)14-12(13)9-8-11-6-4-3-5-7-11;1-10(2)16-11(14)12(3)4-5-13-6-8-15-9-7-13;1-9(2)14-10(11)5-4-6-13-8-7-12-3;1-8(2)12-10(11)5-3-4-9-6-7-9;1-4-5-10(6-7-11)9(12)13-8(2)3;1-5-6-7-10(4)9(11)12-8(2)3/h15H,4-14H2,1-3H3;12H,3-11H2,1-2H3;4,6,8-10H,3,5,7H2,1-2H3;3-7,10H,8-9H2,1-2H3;10H,4-9H2,1-3H3;9H,4-8H2,1-3H3;8-9H,3-7H2,1-2H3;8,11H,4-7H2,1-3H3;8H,5-7H2,1-4H3. The number of aliphatic hydroxyl groups excluding tert-OH is 1. The van der Waals surface area contributed by atoms with Gasteiger partial charge in [-0.3, -0.25) is 38.7 Å². The second-order valence-corrected chi connectivity index (χ2v) is 35.0. The summed E-state index contributed by atoms with van der Waals surface area (Å²) in [5, 5.41) is 8.70. The highest BCUT2D eigenvalue weighted by Gasteiger charge is 2.22. The molecule has 5 rings (SSSR count). The number of piperidine rings is 1. The van der Waals surface area contributed by atoms with E-state index in [1.54, 1.807) is 51.0 Å². The van der Waals surface area contributed by atoms with Crippen molar-refractivity contribution >= 4 is 54.1 Å². The van der Waals surface area contributed by atoms with Crippen LogP contribution in [0.4, 0.5) is 14.4 Å². The number of amides is 3. The van der Waals surface area contributed by atoms with Gasteiger partial charge >= 0.3 is 54.1 Å². The zero-order chi connectivity index (χ0) is 101. The highest BCUT2D eigenvalue weighted by Crippen LogP contribution is 2.34. The number of carbonyl (C=O) groups is 9. The fourth-order valence-electron chi connectivity index (χ4n) is 11.6. The van der Waals surface area contributed by atoms with E-state index in [1.165, 1.54) is 62.1 Å². The van der Waals surface area contributed by atoms with Gasteiger partial charge in [-0.2, -0.15) is 0 Å². The Morgan fingerprint density at radius 3 is 1.19 bits per heavy atom. The number of benzene rings is 1. The summed E-state index contributed by atoms with van der Waals surface area (Å²) in [5.74, 6) is 0.277. The van der Waals surface area contributed by atoms with Crippen LogP contribution in [0.2, 0.25) is 0 Å². The predicted molar refractivity (Wildman–Crippen MR) is 526 cm³/mol. The first-order chi connectivity index (χ1) is 63.8. The second-order valence-electron chi connectivity index (χ2n) is 35.0. The number of hydrogen-bond acceptors (Lipinski definition) is 29. The molecule has 1 aliphatic carbocycles. The average Bonchev–Trinajstić information content (AvgIpc) is 1.83. The summed E-state index contributed by atoms with van der Waals surface area (Å²) in [7, 11) is 5.16. The normalized spacial score (nSPS) is 12.7. The van der Waals surface area contributed by atoms with Crippen molar-refractivity contribution in [3.63, 3.8) is 0 Å². The molecule has 1 N–H and O–H groups in total. The molecule has 0 bridgehead atoms. The van der Waals surface area contributed by atoms with Crippen molar-refractivity contribution in [1.29, 1.82) is 0 Å². The Hall–Kier alpha value is -7.40. The van der Waals surface area contributed by atoms with E-state index in [0.29, 0.717) is 137 Å². The maximum atomic E-state index is 11.5. The van der Waals surface area contributed by atoms with Crippen LogP contribution in [0.3, 0.4) is 0 Å². The lowest BCUT2D eigenvalue weighted by molar-refractivity contribution is -0.148. The molecule has 1 aromatic heterocycles. The number of methoxy groups -OCH3 is 1. The fourth-order valence-corrected chi connectivity index (χ4v) is 11.6. The summed E-state index contributed by atoms with van der Waals surface area (Å²) >= 11 is 0. The minimum Gasteiger partial charge on any atom is -0.463 e. The summed E-state index contributed by atoms with van der Waals surface area (Å²) in [4.78, 5) is 115. The first kappa shape index (κ1) is 133. The first-order valence-corrected chi connectivity index (χ1v) is 49.7. The van der Waals surface area contributed by atoms with Crippen molar-refractivity contribution in [2.24, 2.45) is 5.92 Å². The average molecular weight is 1910 g/mol. The van der Waals surface area contributed by atoms with Gasteiger partial charge in [0.05, 0.1) is 128 Å². The van der Waals surface area contributed by atoms with Crippen molar-refractivity contribution in [3.8, 4) is 0 Å². The third-order valence-corrected chi connectivity index (χ3v) is 18.2. The molecular formula is C102H188N6O26. The molecule has 3 aliphatic rings. The number of aliphatic hydroxyl groups is 1. The second kappa shape index (κ2) is 93.3.